The van der Waals surface area contributed by atoms with Gasteiger partial charge in [-0.2, -0.15) is 10.5 Å². The van der Waals surface area contributed by atoms with E-state index in [9.17, 15) is 4.79 Å². The SMILES string of the molecule is COc1cc(C#N)ccc1NC(=O)C(C)C#N. The molecule has 1 aromatic rings. The molecule has 0 fully saturated rings. The van der Waals surface area contributed by atoms with Gasteiger partial charge in [0.25, 0.3) is 0 Å². The Bertz CT molecular complexity index is 511. The Balaban J connectivity index is 2.97. The minimum atomic E-state index is -0.740. The molecule has 5 nitrogen and oxygen atoms in total. The highest BCUT2D eigenvalue weighted by Crippen LogP contribution is 2.25. The van der Waals surface area contributed by atoms with Crippen LogP contribution in [0.1, 0.15) is 12.5 Å². The molecule has 0 saturated carbocycles. The number of amides is 1. The zero-order valence-electron chi connectivity index (χ0n) is 9.52. The maximum absolute atomic E-state index is 11.5. The van der Waals surface area contributed by atoms with Crippen molar-refractivity contribution in [2.75, 3.05) is 12.4 Å². The second-order valence-corrected chi connectivity index (χ2v) is 3.37. The number of nitrogens with zero attached hydrogens (tertiary/aromatic N) is 2. The molecule has 0 spiro atoms. The van der Waals surface area contributed by atoms with Gasteiger partial charge in [-0.05, 0) is 19.1 Å². The first kappa shape index (κ1) is 12.5. The van der Waals surface area contributed by atoms with E-state index in [4.69, 9.17) is 15.3 Å². The van der Waals surface area contributed by atoms with Crippen LogP contribution < -0.4 is 10.1 Å². The summed E-state index contributed by atoms with van der Waals surface area (Å²) in [6.45, 7) is 1.51. The Hall–Kier alpha value is -2.53. The van der Waals surface area contributed by atoms with Crippen molar-refractivity contribution in [1.82, 2.24) is 0 Å². The Morgan fingerprint density at radius 1 is 1.47 bits per heavy atom. The van der Waals surface area contributed by atoms with Crippen molar-refractivity contribution in [2.24, 2.45) is 5.92 Å². The summed E-state index contributed by atoms with van der Waals surface area (Å²) in [5.74, 6) is -0.756. The molecular formula is C12H11N3O2. The van der Waals surface area contributed by atoms with Crippen LogP contribution in [0, 0.1) is 28.6 Å². The first-order chi connectivity index (χ1) is 8.12. The van der Waals surface area contributed by atoms with E-state index in [1.807, 2.05) is 12.1 Å². The summed E-state index contributed by atoms with van der Waals surface area (Å²) in [5.41, 5.74) is 0.881. The first-order valence-electron chi connectivity index (χ1n) is 4.91. The van der Waals surface area contributed by atoms with Crippen LogP contribution in [-0.2, 0) is 4.79 Å². The van der Waals surface area contributed by atoms with Crippen LogP contribution >= 0.6 is 0 Å². The second kappa shape index (κ2) is 5.53. The molecule has 0 aliphatic carbocycles. The van der Waals surface area contributed by atoms with Gasteiger partial charge in [0.1, 0.15) is 11.7 Å². The molecular weight excluding hydrogens is 218 g/mol. The van der Waals surface area contributed by atoms with Gasteiger partial charge in [-0.3, -0.25) is 4.79 Å². The van der Waals surface area contributed by atoms with E-state index in [1.54, 1.807) is 12.1 Å². The van der Waals surface area contributed by atoms with Crippen molar-refractivity contribution < 1.29 is 9.53 Å². The van der Waals surface area contributed by atoms with Gasteiger partial charge in [0.2, 0.25) is 5.91 Å². The van der Waals surface area contributed by atoms with E-state index >= 15 is 0 Å². The molecule has 17 heavy (non-hydrogen) atoms. The lowest BCUT2D eigenvalue weighted by Crippen LogP contribution is -2.19. The van der Waals surface area contributed by atoms with Gasteiger partial charge in [0, 0.05) is 6.07 Å². The molecule has 1 unspecified atom stereocenters. The molecule has 1 aromatic carbocycles. The van der Waals surface area contributed by atoms with Crippen molar-refractivity contribution in [3.8, 4) is 17.9 Å². The monoisotopic (exact) mass is 229 g/mol. The molecule has 1 N–H and O–H groups in total. The van der Waals surface area contributed by atoms with Crippen LogP contribution in [0.2, 0.25) is 0 Å². The molecule has 0 aliphatic heterocycles. The van der Waals surface area contributed by atoms with E-state index in [0.29, 0.717) is 17.0 Å². The molecule has 0 aromatic heterocycles. The highest BCUT2D eigenvalue weighted by Gasteiger charge is 2.14. The Morgan fingerprint density at radius 3 is 2.71 bits per heavy atom. The first-order valence-corrected chi connectivity index (χ1v) is 4.91. The van der Waals surface area contributed by atoms with Gasteiger partial charge in [0.05, 0.1) is 30.5 Å². The zero-order valence-corrected chi connectivity index (χ0v) is 9.52. The molecule has 0 heterocycles. The van der Waals surface area contributed by atoms with Crippen LogP contribution in [0.4, 0.5) is 5.69 Å². The Kier molecular flexibility index (Phi) is 4.08. The predicted octanol–water partition coefficient (Wildman–Crippen LogP) is 1.67. The van der Waals surface area contributed by atoms with E-state index in [1.165, 1.54) is 20.1 Å². The maximum Gasteiger partial charge on any atom is 0.241 e. The third kappa shape index (κ3) is 2.96. The number of rotatable bonds is 3. The van der Waals surface area contributed by atoms with E-state index in [-0.39, 0.29) is 0 Å². The highest BCUT2D eigenvalue weighted by atomic mass is 16.5. The van der Waals surface area contributed by atoms with Gasteiger partial charge in [-0.15, -0.1) is 0 Å². The zero-order chi connectivity index (χ0) is 12.8. The van der Waals surface area contributed by atoms with Crippen molar-refractivity contribution in [3.63, 3.8) is 0 Å². The number of benzene rings is 1. The van der Waals surface area contributed by atoms with Crippen molar-refractivity contribution >= 4 is 11.6 Å². The van der Waals surface area contributed by atoms with Crippen molar-refractivity contribution in [3.05, 3.63) is 23.8 Å². The second-order valence-electron chi connectivity index (χ2n) is 3.37. The third-order valence-electron chi connectivity index (χ3n) is 2.18. The minimum absolute atomic E-state index is 0.391. The molecule has 1 rings (SSSR count). The molecule has 0 bridgehead atoms. The topological polar surface area (TPSA) is 85.9 Å². The predicted molar refractivity (Wildman–Crippen MR) is 61.1 cm³/mol. The molecule has 1 amide bonds. The molecule has 0 radical (unpaired) electrons. The fourth-order valence-corrected chi connectivity index (χ4v) is 1.16. The van der Waals surface area contributed by atoms with Gasteiger partial charge in [0.15, 0.2) is 0 Å². The number of carbonyl (C=O) groups excluding carboxylic acids is 1. The van der Waals surface area contributed by atoms with Crippen molar-refractivity contribution in [2.45, 2.75) is 6.92 Å². The lowest BCUT2D eigenvalue weighted by atomic mass is 10.1. The molecule has 86 valence electrons. The van der Waals surface area contributed by atoms with Crippen LogP contribution in [0.3, 0.4) is 0 Å². The average molecular weight is 229 g/mol. The summed E-state index contributed by atoms with van der Waals surface area (Å²) >= 11 is 0. The van der Waals surface area contributed by atoms with Gasteiger partial charge >= 0.3 is 0 Å². The largest absolute Gasteiger partial charge is 0.495 e. The number of nitriles is 2. The molecule has 1 atom stereocenters. The quantitative estimate of drug-likeness (QED) is 0.854. The summed E-state index contributed by atoms with van der Waals surface area (Å²) in [6, 6.07) is 8.46. The number of nitrogens with one attached hydrogen (secondary N) is 1. The normalized spacial score (nSPS) is 10.8. The summed E-state index contributed by atoms with van der Waals surface area (Å²) in [7, 11) is 1.44. The number of hydrogen-bond acceptors (Lipinski definition) is 4. The van der Waals surface area contributed by atoms with Crippen LogP contribution in [-0.4, -0.2) is 13.0 Å². The van der Waals surface area contributed by atoms with Gasteiger partial charge < -0.3 is 10.1 Å². The van der Waals surface area contributed by atoms with E-state index < -0.39 is 11.8 Å². The number of methoxy groups -OCH3 is 1. The van der Waals surface area contributed by atoms with Gasteiger partial charge in [-0.25, -0.2) is 0 Å². The standard InChI is InChI=1S/C12H11N3O2/c1-8(6-13)12(16)15-10-4-3-9(7-14)5-11(10)17-2/h3-5,8H,1-2H3,(H,15,16). The highest BCUT2D eigenvalue weighted by molar-refractivity contribution is 5.95. The molecule has 0 saturated heterocycles. The summed E-state index contributed by atoms with van der Waals surface area (Å²) in [5, 5.41) is 19.9. The maximum atomic E-state index is 11.5. The molecule has 5 heteroatoms. The summed E-state index contributed by atoms with van der Waals surface area (Å²) in [4.78, 5) is 11.5. The fraction of sp³-hybridized carbons (Fsp3) is 0.250. The van der Waals surface area contributed by atoms with Crippen LogP contribution in [0.15, 0.2) is 18.2 Å². The summed E-state index contributed by atoms with van der Waals surface area (Å²) in [6.07, 6.45) is 0. The van der Waals surface area contributed by atoms with Crippen LogP contribution in [0.25, 0.3) is 0 Å². The lowest BCUT2D eigenvalue weighted by molar-refractivity contribution is -0.117. The minimum Gasteiger partial charge on any atom is -0.495 e. The average Bonchev–Trinajstić information content (AvgIpc) is 2.37. The van der Waals surface area contributed by atoms with Crippen LogP contribution in [0.5, 0.6) is 5.75 Å². The summed E-state index contributed by atoms with van der Waals surface area (Å²) < 4.78 is 5.05. The number of ether oxygens (including phenoxy) is 1. The number of carbonyl (C=O) groups is 1. The smallest absolute Gasteiger partial charge is 0.241 e. The van der Waals surface area contributed by atoms with Gasteiger partial charge in [-0.1, -0.05) is 0 Å². The van der Waals surface area contributed by atoms with Crippen molar-refractivity contribution in [1.29, 1.82) is 10.5 Å². The third-order valence-corrected chi connectivity index (χ3v) is 2.18. The number of anilines is 1. The fourth-order valence-electron chi connectivity index (χ4n) is 1.16. The Labute approximate surface area is 99.2 Å². The number of hydrogen-bond donors (Lipinski definition) is 1. The molecule has 0 aliphatic rings. The van der Waals surface area contributed by atoms with E-state index in [0.717, 1.165) is 0 Å². The Morgan fingerprint density at radius 2 is 2.18 bits per heavy atom. The van der Waals surface area contributed by atoms with E-state index in [2.05, 4.69) is 5.32 Å². The lowest BCUT2D eigenvalue weighted by Gasteiger charge is -2.10.